The standard InChI is InChI=1S/C13H18FNO/c14-13-6-5-10(7-11(13)8-15)9-16-12-3-1-2-4-12/h5-7,12H,1-4,8-9,15H2. The van der Waals surface area contributed by atoms with E-state index >= 15 is 0 Å². The van der Waals surface area contributed by atoms with E-state index in [-0.39, 0.29) is 12.4 Å². The van der Waals surface area contributed by atoms with Crippen LogP contribution >= 0.6 is 0 Å². The second-order valence-electron chi connectivity index (χ2n) is 4.35. The molecule has 2 rings (SSSR count). The lowest BCUT2D eigenvalue weighted by Gasteiger charge is -2.11. The van der Waals surface area contributed by atoms with E-state index in [9.17, 15) is 4.39 Å². The maximum absolute atomic E-state index is 13.2. The molecule has 0 saturated heterocycles. The van der Waals surface area contributed by atoms with Crippen LogP contribution in [0.25, 0.3) is 0 Å². The lowest BCUT2D eigenvalue weighted by atomic mass is 10.1. The van der Waals surface area contributed by atoms with Crippen molar-refractivity contribution < 1.29 is 9.13 Å². The lowest BCUT2D eigenvalue weighted by Crippen LogP contribution is -2.08. The fourth-order valence-corrected chi connectivity index (χ4v) is 2.14. The predicted molar refractivity (Wildman–Crippen MR) is 61.3 cm³/mol. The maximum Gasteiger partial charge on any atom is 0.127 e. The van der Waals surface area contributed by atoms with E-state index in [0.717, 1.165) is 18.4 Å². The Hall–Kier alpha value is -0.930. The van der Waals surface area contributed by atoms with Crippen LogP contribution in [-0.2, 0) is 17.9 Å². The van der Waals surface area contributed by atoms with Gasteiger partial charge < -0.3 is 10.5 Å². The van der Waals surface area contributed by atoms with E-state index in [1.165, 1.54) is 18.9 Å². The minimum absolute atomic E-state index is 0.230. The average molecular weight is 223 g/mol. The highest BCUT2D eigenvalue weighted by Gasteiger charge is 2.15. The first kappa shape index (κ1) is 11.6. The van der Waals surface area contributed by atoms with Crippen molar-refractivity contribution in [3.63, 3.8) is 0 Å². The second-order valence-corrected chi connectivity index (χ2v) is 4.35. The first-order valence-electron chi connectivity index (χ1n) is 5.88. The highest BCUT2D eigenvalue weighted by molar-refractivity contribution is 5.24. The molecule has 0 radical (unpaired) electrons. The molecule has 2 nitrogen and oxygen atoms in total. The van der Waals surface area contributed by atoms with Crippen LogP contribution in [0.4, 0.5) is 4.39 Å². The third-order valence-electron chi connectivity index (χ3n) is 3.12. The molecule has 0 spiro atoms. The zero-order valence-electron chi connectivity index (χ0n) is 9.42. The molecule has 16 heavy (non-hydrogen) atoms. The molecule has 1 fully saturated rings. The molecule has 0 heterocycles. The Morgan fingerprint density at radius 3 is 2.75 bits per heavy atom. The van der Waals surface area contributed by atoms with E-state index in [2.05, 4.69) is 0 Å². The first-order valence-corrected chi connectivity index (χ1v) is 5.88. The fraction of sp³-hybridized carbons (Fsp3) is 0.538. The third-order valence-corrected chi connectivity index (χ3v) is 3.12. The zero-order chi connectivity index (χ0) is 11.4. The molecule has 1 aromatic rings. The number of benzene rings is 1. The van der Waals surface area contributed by atoms with Crippen molar-refractivity contribution in [3.05, 3.63) is 35.1 Å². The van der Waals surface area contributed by atoms with Crippen LogP contribution < -0.4 is 5.73 Å². The Balaban J connectivity index is 1.93. The number of rotatable bonds is 4. The van der Waals surface area contributed by atoms with Crippen LogP contribution in [0, 0.1) is 5.82 Å². The number of nitrogens with two attached hydrogens (primary N) is 1. The van der Waals surface area contributed by atoms with Gasteiger partial charge in [0.25, 0.3) is 0 Å². The minimum atomic E-state index is -0.230. The van der Waals surface area contributed by atoms with Crippen LogP contribution in [0.3, 0.4) is 0 Å². The van der Waals surface area contributed by atoms with Gasteiger partial charge in [-0.05, 0) is 30.5 Å². The number of hydrogen-bond donors (Lipinski definition) is 1. The molecule has 1 aromatic carbocycles. The second kappa shape index (κ2) is 5.41. The third kappa shape index (κ3) is 2.80. The number of ether oxygens (including phenoxy) is 1. The van der Waals surface area contributed by atoms with Crippen LogP contribution in [0.15, 0.2) is 18.2 Å². The van der Waals surface area contributed by atoms with Gasteiger partial charge in [-0.1, -0.05) is 18.9 Å². The summed E-state index contributed by atoms with van der Waals surface area (Å²) in [4.78, 5) is 0. The lowest BCUT2D eigenvalue weighted by molar-refractivity contribution is 0.0456. The SMILES string of the molecule is NCc1cc(COC2CCCC2)ccc1F. The summed E-state index contributed by atoms with van der Waals surface area (Å²) in [6, 6.07) is 5.03. The fourth-order valence-electron chi connectivity index (χ4n) is 2.14. The van der Waals surface area contributed by atoms with Crippen molar-refractivity contribution >= 4 is 0 Å². The van der Waals surface area contributed by atoms with Crippen molar-refractivity contribution in [1.82, 2.24) is 0 Å². The van der Waals surface area contributed by atoms with E-state index in [1.807, 2.05) is 0 Å². The highest BCUT2D eigenvalue weighted by atomic mass is 19.1. The van der Waals surface area contributed by atoms with Crippen molar-refractivity contribution in [3.8, 4) is 0 Å². The van der Waals surface area contributed by atoms with E-state index in [1.54, 1.807) is 12.1 Å². The van der Waals surface area contributed by atoms with Crippen molar-refractivity contribution in [2.24, 2.45) is 5.73 Å². The van der Waals surface area contributed by atoms with Gasteiger partial charge in [-0.2, -0.15) is 0 Å². The molecule has 0 atom stereocenters. The normalized spacial score (nSPS) is 16.9. The van der Waals surface area contributed by atoms with Crippen LogP contribution in [0.1, 0.15) is 36.8 Å². The summed E-state index contributed by atoms with van der Waals surface area (Å²) >= 11 is 0. The van der Waals surface area contributed by atoms with Gasteiger partial charge in [0.1, 0.15) is 5.82 Å². The summed E-state index contributed by atoms with van der Waals surface area (Å²) in [6.45, 7) is 0.807. The largest absolute Gasteiger partial charge is 0.374 e. The molecule has 3 heteroatoms. The molecular formula is C13H18FNO. The Morgan fingerprint density at radius 2 is 2.06 bits per heavy atom. The molecule has 1 saturated carbocycles. The van der Waals surface area contributed by atoms with E-state index in [0.29, 0.717) is 18.3 Å². The summed E-state index contributed by atoms with van der Waals surface area (Å²) in [5.41, 5.74) is 7.03. The highest BCUT2D eigenvalue weighted by Crippen LogP contribution is 2.22. The van der Waals surface area contributed by atoms with Gasteiger partial charge in [0, 0.05) is 12.1 Å². The summed E-state index contributed by atoms with van der Waals surface area (Å²) in [5, 5.41) is 0. The maximum atomic E-state index is 13.2. The predicted octanol–water partition coefficient (Wildman–Crippen LogP) is 2.74. The molecule has 88 valence electrons. The van der Waals surface area contributed by atoms with E-state index < -0.39 is 0 Å². The van der Waals surface area contributed by atoms with Gasteiger partial charge in [-0.15, -0.1) is 0 Å². The molecule has 0 amide bonds. The van der Waals surface area contributed by atoms with Crippen LogP contribution in [-0.4, -0.2) is 6.10 Å². The summed E-state index contributed by atoms with van der Waals surface area (Å²) in [7, 11) is 0. The molecule has 0 aromatic heterocycles. The van der Waals surface area contributed by atoms with Crippen LogP contribution in [0.5, 0.6) is 0 Å². The number of hydrogen-bond acceptors (Lipinski definition) is 2. The van der Waals surface area contributed by atoms with E-state index in [4.69, 9.17) is 10.5 Å². The quantitative estimate of drug-likeness (QED) is 0.851. The Morgan fingerprint density at radius 1 is 1.31 bits per heavy atom. The van der Waals surface area contributed by atoms with Crippen molar-refractivity contribution in [2.75, 3.05) is 0 Å². The molecule has 0 bridgehead atoms. The van der Waals surface area contributed by atoms with Gasteiger partial charge in [-0.3, -0.25) is 0 Å². The van der Waals surface area contributed by atoms with Gasteiger partial charge >= 0.3 is 0 Å². The topological polar surface area (TPSA) is 35.2 Å². The summed E-state index contributed by atoms with van der Waals surface area (Å²) in [6.07, 6.45) is 5.24. The summed E-state index contributed by atoms with van der Waals surface area (Å²) < 4.78 is 19.0. The van der Waals surface area contributed by atoms with Gasteiger partial charge in [0.2, 0.25) is 0 Å². The molecular weight excluding hydrogens is 205 g/mol. The Labute approximate surface area is 95.6 Å². The van der Waals surface area contributed by atoms with Crippen molar-refractivity contribution in [1.29, 1.82) is 0 Å². The molecule has 2 N–H and O–H groups in total. The minimum Gasteiger partial charge on any atom is -0.374 e. The zero-order valence-corrected chi connectivity index (χ0v) is 9.42. The van der Waals surface area contributed by atoms with Crippen LogP contribution in [0.2, 0.25) is 0 Å². The van der Waals surface area contributed by atoms with Crippen molar-refractivity contribution in [2.45, 2.75) is 44.9 Å². The average Bonchev–Trinajstić information content (AvgIpc) is 2.81. The summed E-state index contributed by atoms with van der Waals surface area (Å²) in [5.74, 6) is -0.230. The number of halogens is 1. The first-order chi connectivity index (χ1) is 7.79. The molecule has 1 aliphatic carbocycles. The molecule has 1 aliphatic rings. The van der Waals surface area contributed by atoms with Gasteiger partial charge in [-0.25, -0.2) is 4.39 Å². The monoisotopic (exact) mass is 223 g/mol. The molecule has 0 unspecified atom stereocenters. The Kier molecular flexibility index (Phi) is 3.91. The smallest absolute Gasteiger partial charge is 0.127 e. The Bertz CT molecular complexity index is 348. The van der Waals surface area contributed by atoms with Gasteiger partial charge in [0.15, 0.2) is 0 Å². The molecule has 0 aliphatic heterocycles. The van der Waals surface area contributed by atoms with Gasteiger partial charge in [0.05, 0.1) is 12.7 Å².